The lowest BCUT2D eigenvalue weighted by molar-refractivity contribution is 0.0977. The molecule has 1 amide bonds. The van der Waals surface area contributed by atoms with Crippen molar-refractivity contribution in [3.63, 3.8) is 0 Å². The molecule has 2 rings (SSSR count). The molecule has 21 heavy (non-hydrogen) atoms. The Hall–Kier alpha value is -2.35. The third kappa shape index (κ3) is 4.32. The largest absolute Gasteiger partial charge is 0.299 e. The number of carbonyl (C=O) groups excluding carboxylic acids is 1. The van der Waals surface area contributed by atoms with Gasteiger partial charge in [0.15, 0.2) is 5.11 Å². The number of nitrogens with one attached hydrogen (secondary N) is 2. The summed E-state index contributed by atoms with van der Waals surface area (Å²) in [5, 5.41) is 17.2. The summed E-state index contributed by atoms with van der Waals surface area (Å²) in [5.74, 6) is -0.0221. The standard InChI is InChI=1S/C13H16N6OS/c1-3-8-19-17-12(16-18-19)15-13(21)14-11(20)10-6-4-9(2)5-7-10/h4-7H,3,8H2,1-2H3,(H2,14,15,17,20,21). The molecule has 0 aliphatic rings. The summed E-state index contributed by atoms with van der Waals surface area (Å²) >= 11 is 5.05. The van der Waals surface area contributed by atoms with Crippen molar-refractivity contribution >= 4 is 29.2 Å². The van der Waals surface area contributed by atoms with Gasteiger partial charge in [-0.15, -0.1) is 5.10 Å². The summed E-state index contributed by atoms with van der Waals surface area (Å²) in [6.07, 6.45) is 0.907. The van der Waals surface area contributed by atoms with Gasteiger partial charge in [0, 0.05) is 5.56 Å². The number of hydrogen-bond acceptors (Lipinski definition) is 5. The Kier molecular flexibility index (Phi) is 4.94. The molecule has 0 spiro atoms. The van der Waals surface area contributed by atoms with Crippen molar-refractivity contribution in [2.24, 2.45) is 0 Å². The van der Waals surface area contributed by atoms with E-state index in [1.54, 1.807) is 12.1 Å². The number of aromatic nitrogens is 4. The lowest BCUT2D eigenvalue weighted by Gasteiger charge is -2.06. The number of thiocarbonyl (C=S) groups is 1. The highest BCUT2D eigenvalue weighted by atomic mass is 32.1. The van der Waals surface area contributed by atoms with Gasteiger partial charge >= 0.3 is 0 Å². The summed E-state index contributed by atoms with van der Waals surface area (Å²) < 4.78 is 0. The van der Waals surface area contributed by atoms with Crippen molar-refractivity contribution < 1.29 is 4.79 Å². The lowest BCUT2D eigenvalue weighted by atomic mass is 10.1. The van der Waals surface area contributed by atoms with Gasteiger partial charge < -0.3 is 0 Å². The maximum Gasteiger partial charge on any atom is 0.269 e. The van der Waals surface area contributed by atoms with Gasteiger partial charge in [-0.05, 0) is 42.9 Å². The van der Waals surface area contributed by atoms with Crippen molar-refractivity contribution in [2.45, 2.75) is 26.8 Å². The lowest BCUT2D eigenvalue weighted by Crippen LogP contribution is -2.34. The van der Waals surface area contributed by atoms with Crippen molar-refractivity contribution in [2.75, 3.05) is 5.32 Å². The molecule has 0 aliphatic carbocycles. The first-order chi connectivity index (χ1) is 10.1. The second-order valence-corrected chi connectivity index (χ2v) is 4.89. The van der Waals surface area contributed by atoms with Crippen molar-refractivity contribution in [3.05, 3.63) is 35.4 Å². The van der Waals surface area contributed by atoms with E-state index in [0.29, 0.717) is 12.1 Å². The number of rotatable bonds is 4. The monoisotopic (exact) mass is 304 g/mol. The van der Waals surface area contributed by atoms with Crippen LogP contribution >= 0.6 is 12.2 Å². The molecule has 0 atom stereocenters. The highest BCUT2D eigenvalue weighted by Crippen LogP contribution is 2.03. The number of anilines is 1. The van der Waals surface area contributed by atoms with Crippen molar-refractivity contribution in [3.8, 4) is 0 Å². The smallest absolute Gasteiger partial charge is 0.269 e. The molecule has 110 valence electrons. The van der Waals surface area contributed by atoms with Gasteiger partial charge in [0.2, 0.25) is 0 Å². The van der Waals surface area contributed by atoms with Crippen LogP contribution in [0, 0.1) is 6.92 Å². The van der Waals surface area contributed by atoms with Crippen LogP contribution in [0.25, 0.3) is 0 Å². The first-order valence-electron chi connectivity index (χ1n) is 6.55. The summed E-state index contributed by atoms with van der Waals surface area (Å²) in [6.45, 7) is 4.65. The Balaban J connectivity index is 1.91. The number of tetrazole rings is 1. The SMILES string of the molecule is CCCn1nnc(NC(=S)NC(=O)c2ccc(C)cc2)n1. The highest BCUT2D eigenvalue weighted by Gasteiger charge is 2.09. The fourth-order valence-electron chi connectivity index (χ4n) is 1.60. The van der Waals surface area contributed by atoms with Crippen LogP contribution in [0.5, 0.6) is 0 Å². The third-order valence-electron chi connectivity index (χ3n) is 2.64. The summed E-state index contributed by atoms with van der Waals surface area (Å²) in [5.41, 5.74) is 1.62. The van der Waals surface area contributed by atoms with E-state index >= 15 is 0 Å². The van der Waals surface area contributed by atoms with Gasteiger partial charge in [0.05, 0.1) is 6.54 Å². The molecule has 0 aliphatic heterocycles. The van der Waals surface area contributed by atoms with Gasteiger partial charge in [-0.2, -0.15) is 4.80 Å². The molecule has 0 saturated carbocycles. The zero-order valence-electron chi connectivity index (χ0n) is 11.8. The molecule has 1 aromatic heterocycles. The van der Waals surface area contributed by atoms with E-state index in [-0.39, 0.29) is 17.0 Å². The average molecular weight is 304 g/mol. The Morgan fingerprint density at radius 3 is 2.71 bits per heavy atom. The first kappa shape index (κ1) is 15.0. The normalized spacial score (nSPS) is 10.2. The maximum absolute atomic E-state index is 12.0. The van der Waals surface area contributed by atoms with Crippen LogP contribution in [-0.4, -0.2) is 31.2 Å². The quantitative estimate of drug-likeness (QED) is 0.833. The molecule has 2 aromatic rings. The number of nitrogens with zero attached hydrogens (tertiary/aromatic N) is 4. The summed E-state index contributed by atoms with van der Waals surface area (Å²) in [4.78, 5) is 13.4. The number of benzene rings is 1. The van der Waals surface area contributed by atoms with E-state index in [1.165, 1.54) is 4.80 Å². The van der Waals surface area contributed by atoms with Gasteiger partial charge in [-0.25, -0.2) is 0 Å². The van der Waals surface area contributed by atoms with Gasteiger partial charge in [0.25, 0.3) is 11.9 Å². The van der Waals surface area contributed by atoms with Crippen LogP contribution in [0.4, 0.5) is 5.95 Å². The molecule has 0 bridgehead atoms. The molecule has 0 unspecified atom stereocenters. The van der Waals surface area contributed by atoms with Gasteiger partial charge in [-0.1, -0.05) is 29.7 Å². The second kappa shape index (κ2) is 6.89. The molecule has 7 nitrogen and oxygen atoms in total. The van der Waals surface area contributed by atoms with E-state index in [4.69, 9.17) is 12.2 Å². The van der Waals surface area contributed by atoms with Crippen molar-refractivity contribution in [1.29, 1.82) is 0 Å². The summed E-state index contributed by atoms with van der Waals surface area (Å²) in [7, 11) is 0. The molecule has 8 heteroatoms. The van der Waals surface area contributed by atoms with Crippen molar-refractivity contribution in [1.82, 2.24) is 25.5 Å². The number of hydrogen-bond donors (Lipinski definition) is 2. The van der Waals surface area contributed by atoms with E-state index in [9.17, 15) is 4.79 Å². The minimum Gasteiger partial charge on any atom is -0.299 e. The van der Waals surface area contributed by atoms with Crippen LogP contribution in [0.2, 0.25) is 0 Å². The van der Waals surface area contributed by atoms with E-state index in [2.05, 4.69) is 26.0 Å². The molecule has 0 radical (unpaired) electrons. The van der Waals surface area contributed by atoms with E-state index in [1.807, 2.05) is 26.0 Å². The van der Waals surface area contributed by atoms with E-state index < -0.39 is 0 Å². The average Bonchev–Trinajstić information content (AvgIpc) is 2.87. The minimum absolute atomic E-state index is 0.136. The fraction of sp³-hybridized carbons (Fsp3) is 0.308. The fourth-order valence-corrected chi connectivity index (χ4v) is 1.79. The minimum atomic E-state index is -0.284. The van der Waals surface area contributed by atoms with Crippen LogP contribution < -0.4 is 10.6 Å². The molecule has 0 saturated heterocycles. The molecule has 1 heterocycles. The number of carbonyl (C=O) groups is 1. The molecule has 2 N–H and O–H groups in total. The second-order valence-electron chi connectivity index (χ2n) is 4.48. The number of aryl methyl sites for hydroxylation is 2. The van der Waals surface area contributed by atoms with Crippen LogP contribution in [-0.2, 0) is 6.54 Å². The Morgan fingerprint density at radius 2 is 2.05 bits per heavy atom. The molecular formula is C13H16N6OS. The Bertz CT molecular complexity index is 636. The maximum atomic E-state index is 12.0. The number of amides is 1. The van der Waals surface area contributed by atoms with Crippen LogP contribution in [0.3, 0.4) is 0 Å². The van der Waals surface area contributed by atoms with Crippen LogP contribution in [0.1, 0.15) is 29.3 Å². The summed E-state index contributed by atoms with van der Waals surface area (Å²) in [6, 6.07) is 7.21. The first-order valence-corrected chi connectivity index (χ1v) is 6.96. The Labute approximate surface area is 127 Å². The molecule has 1 aromatic carbocycles. The highest BCUT2D eigenvalue weighted by molar-refractivity contribution is 7.80. The topological polar surface area (TPSA) is 84.7 Å². The predicted octanol–water partition coefficient (Wildman–Crippen LogP) is 1.52. The third-order valence-corrected chi connectivity index (χ3v) is 2.85. The van der Waals surface area contributed by atoms with Gasteiger partial charge in [0.1, 0.15) is 0 Å². The van der Waals surface area contributed by atoms with E-state index in [0.717, 1.165) is 12.0 Å². The predicted molar refractivity (Wildman–Crippen MR) is 83.0 cm³/mol. The zero-order valence-corrected chi connectivity index (χ0v) is 12.6. The molecular weight excluding hydrogens is 288 g/mol. The molecule has 0 fully saturated rings. The van der Waals surface area contributed by atoms with Crippen LogP contribution in [0.15, 0.2) is 24.3 Å². The zero-order chi connectivity index (χ0) is 15.2. The van der Waals surface area contributed by atoms with Gasteiger partial charge in [-0.3, -0.25) is 15.4 Å². The Morgan fingerprint density at radius 1 is 1.33 bits per heavy atom.